The van der Waals surface area contributed by atoms with Crippen molar-refractivity contribution in [3.63, 3.8) is 0 Å². The van der Waals surface area contributed by atoms with Gasteiger partial charge >= 0.3 is 17.1 Å². The molecule has 0 atom stereocenters. The third-order valence-electron chi connectivity index (χ3n) is 2.01. The predicted molar refractivity (Wildman–Crippen MR) is 74.2 cm³/mol. The maximum absolute atomic E-state index is 12.0. The highest BCUT2D eigenvalue weighted by Gasteiger charge is 2.18. The standard InChI is InChI=1S/C12H15N3O6/c1-4-7-19-13-10(16)14(20-8-5-2)12(18)15(11(13)17)21-9-6-3/h4-6H,1-3,7-9H2. The van der Waals surface area contributed by atoms with Gasteiger partial charge in [0.25, 0.3) is 0 Å². The molecule has 1 heterocycles. The molecule has 0 saturated heterocycles. The van der Waals surface area contributed by atoms with E-state index >= 15 is 0 Å². The number of rotatable bonds is 9. The van der Waals surface area contributed by atoms with Crippen LogP contribution in [-0.4, -0.2) is 34.0 Å². The molecule has 1 aromatic rings. The van der Waals surface area contributed by atoms with Crippen LogP contribution in [-0.2, 0) is 0 Å². The van der Waals surface area contributed by atoms with E-state index in [1.165, 1.54) is 18.2 Å². The quantitative estimate of drug-likeness (QED) is 0.490. The van der Waals surface area contributed by atoms with Gasteiger partial charge in [-0.3, -0.25) is 0 Å². The first-order valence-corrected chi connectivity index (χ1v) is 5.82. The summed E-state index contributed by atoms with van der Waals surface area (Å²) in [5.74, 6) is 0. The van der Waals surface area contributed by atoms with Gasteiger partial charge in [-0.05, 0) is 0 Å². The molecule has 9 nitrogen and oxygen atoms in total. The third-order valence-corrected chi connectivity index (χ3v) is 2.01. The molecule has 9 heteroatoms. The van der Waals surface area contributed by atoms with Crippen molar-refractivity contribution in [2.24, 2.45) is 0 Å². The monoisotopic (exact) mass is 297 g/mol. The third kappa shape index (κ3) is 3.53. The van der Waals surface area contributed by atoms with Crippen molar-refractivity contribution in [2.45, 2.75) is 0 Å². The summed E-state index contributed by atoms with van der Waals surface area (Å²) in [6, 6.07) is 0. The van der Waals surface area contributed by atoms with E-state index in [1.54, 1.807) is 0 Å². The Kier molecular flexibility index (Phi) is 5.80. The van der Waals surface area contributed by atoms with Crippen LogP contribution in [0.15, 0.2) is 52.3 Å². The van der Waals surface area contributed by atoms with Crippen LogP contribution in [0.3, 0.4) is 0 Å². The molecule has 0 aliphatic carbocycles. The first kappa shape index (κ1) is 16.1. The van der Waals surface area contributed by atoms with Crippen LogP contribution in [0.5, 0.6) is 0 Å². The lowest BCUT2D eigenvalue weighted by atomic mass is 10.7. The molecule has 0 bridgehead atoms. The molecule has 21 heavy (non-hydrogen) atoms. The van der Waals surface area contributed by atoms with Gasteiger partial charge in [0.05, 0.1) is 0 Å². The van der Waals surface area contributed by atoms with Gasteiger partial charge in [-0.2, -0.15) is 0 Å². The highest BCUT2D eigenvalue weighted by Crippen LogP contribution is 1.72. The second-order valence-corrected chi connectivity index (χ2v) is 3.48. The van der Waals surface area contributed by atoms with Gasteiger partial charge in [-0.1, -0.05) is 52.2 Å². The second kappa shape index (κ2) is 7.58. The zero-order chi connectivity index (χ0) is 15.8. The van der Waals surface area contributed by atoms with Gasteiger partial charge < -0.3 is 14.5 Å². The van der Waals surface area contributed by atoms with Gasteiger partial charge in [-0.25, -0.2) is 14.4 Å². The van der Waals surface area contributed by atoms with E-state index in [2.05, 4.69) is 19.7 Å². The topological polar surface area (TPSA) is 93.7 Å². The maximum Gasteiger partial charge on any atom is 0.403 e. The Labute approximate surface area is 119 Å². The van der Waals surface area contributed by atoms with Gasteiger partial charge in [0.2, 0.25) is 0 Å². The van der Waals surface area contributed by atoms with Crippen LogP contribution in [0.2, 0.25) is 0 Å². The number of nitrogens with zero attached hydrogens (tertiary/aromatic N) is 3. The van der Waals surface area contributed by atoms with Crippen molar-refractivity contribution < 1.29 is 14.5 Å². The Balaban J connectivity index is 3.49. The lowest BCUT2D eigenvalue weighted by Gasteiger charge is -2.12. The van der Waals surface area contributed by atoms with E-state index in [9.17, 15) is 14.4 Å². The molecule has 1 aromatic heterocycles. The summed E-state index contributed by atoms with van der Waals surface area (Å²) in [5, 5.41) is 0. The molecule has 0 fully saturated rings. The molecular weight excluding hydrogens is 282 g/mol. The largest absolute Gasteiger partial charge is 0.403 e. The molecule has 0 radical (unpaired) electrons. The zero-order valence-corrected chi connectivity index (χ0v) is 11.3. The summed E-state index contributed by atoms with van der Waals surface area (Å²) in [5.41, 5.74) is -3.31. The van der Waals surface area contributed by atoms with Crippen LogP contribution in [0.25, 0.3) is 0 Å². The SMILES string of the molecule is C=CCOn1c(=O)n(OCC=C)c(=O)n(OCC=C)c1=O. The van der Waals surface area contributed by atoms with Gasteiger partial charge in [-0.15, -0.1) is 0 Å². The Morgan fingerprint density at radius 1 is 0.667 bits per heavy atom. The summed E-state index contributed by atoms with van der Waals surface area (Å²) >= 11 is 0. The minimum Gasteiger partial charge on any atom is -0.401 e. The molecule has 0 aliphatic heterocycles. The molecule has 0 N–H and O–H groups in total. The average molecular weight is 297 g/mol. The molecule has 0 aromatic carbocycles. The fourth-order valence-corrected chi connectivity index (χ4v) is 1.21. The van der Waals surface area contributed by atoms with E-state index in [4.69, 9.17) is 14.5 Å². The first-order valence-electron chi connectivity index (χ1n) is 5.82. The number of aromatic nitrogens is 3. The van der Waals surface area contributed by atoms with Crippen molar-refractivity contribution in [2.75, 3.05) is 19.8 Å². The average Bonchev–Trinajstić information content (AvgIpc) is 2.47. The predicted octanol–water partition coefficient (Wildman–Crippen LogP) is -1.98. The Bertz CT molecular complexity index is 571. The van der Waals surface area contributed by atoms with E-state index in [0.717, 1.165) is 0 Å². The van der Waals surface area contributed by atoms with Crippen molar-refractivity contribution in [3.8, 4) is 0 Å². The summed E-state index contributed by atoms with van der Waals surface area (Å²) in [6.07, 6.45) is 3.96. The number of hydrogen-bond acceptors (Lipinski definition) is 6. The summed E-state index contributed by atoms with van der Waals surface area (Å²) < 4.78 is 0.986. The Hall–Kier alpha value is -2.97. The molecular formula is C12H15N3O6. The smallest absolute Gasteiger partial charge is 0.401 e. The Morgan fingerprint density at radius 2 is 0.905 bits per heavy atom. The van der Waals surface area contributed by atoms with Crippen LogP contribution in [0.4, 0.5) is 0 Å². The van der Waals surface area contributed by atoms with Gasteiger partial charge in [0.15, 0.2) is 0 Å². The van der Waals surface area contributed by atoms with Crippen LogP contribution in [0.1, 0.15) is 0 Å². The van der Waals surface area contributed by atoms with Gasteiger partial charge in [0.1, 0.15) is 19.8 Å². The zero-order valence-electron chi connectivity index (χ0n) is 11.3. The highest BCUT2D eigenvalue weighted by atomic mass is 16.7. The highest BCUT2D eigenvalue weighted by molar-refractivity contribution is 4.75. The van der Waals surface area contributed by atoms with E-state index in [-0.39, 0.29) is 19.8 Å². The fourth-order valence-electron chi connectivity index (χ4n) is 1.21. The lowest BCUT2D eigenvalue weighted by molar-refractivity contribution is 0.00569. The van der Waals surface area contributed by atoms with E-state index in [0.29, 0.717) is 14.2 Å². The fraction of sp³-hybridized carbons (Fsp3) is 0.250. The van der Waals surface area contributed by atoms with Crippen LogP contribution < -0.4 is 31.6 Å². The molecule has 114 valence electrons. The van der Waals surface area contributed by atoms with E-state index in [1.807, 2.05) is 0 Å². The molecule has 0 aliphatic rings. The number of hydrogen-bond donors (Lipinski definition) is 0. The first-order chi connectivity index (χ1) is 10.1. The van der Waals surface area contributed by atoms with Crippen molar-refractivity contribution >= 4 is 0 Å². The lowest BCUT2D eigenvalue weighted by Crippen LogP contribution is -2.59. The van der Waals surface area contributed by atoms with Crippen molar-refractivity contribution in [3.05, 3.63) is 69.4 Å². The molecule has 1 rings (SSSR count). The van der Waals surface area contributed by atoms with E-state index < -0.39 is 17.1 Å². The second-order valence-electron chi connectivity index (χ2n) is 3.48. The maximum atomic E-state index is 12.0. The molecule has 0 saturated carbocycles. The van der Waals surface area contributed by atoms with Crippen LogP contribution >= 0.6 is 0 Å². The van der Waals surface area contributed by atoms with Crippen molar-refractivity contribution in [1.82, 2.24) is 14.2 Å². The molecule has 0 spiro atoms. The summed E-state index contributed by atoms with van der Waals surface area (Å²) in [4.78, 5) is 50.6. The minimum atomic E-state index is -1.10. The normalized spacial score (nSPS) is 9.71. The Morgan fingerprint density at radius 3 is 1.10 bits per heavy atom. The summed E-state index contributed by atoms with van der Waals surface area (Å²) in [7, 11) is 0. The minimum absolute atomic E-state index is 0.129. The van der Waals surface area contributed by atoms with Crippen molar-refractivity contribution in [1.29, 1.82) is 0 Å². The van der Waals surface area contributed by atoms with Gasteiger partial charge in [0, 0.05) is 0 Å². The summed E-state index contributed by atoms with van der Waals surface area (Å²) in [6.45, 7) is 9.78. The molecule has 0 amide bonds. The molecule has 0 unspecified atom stereocenters. The van der Waals surface area contributed by atoms with Crippen LogP contribution in [0, 0.1) is 0 Å².